The Balaban J connectivity index is 1.59. The highest BCUT2D eigenvalue weighted by Crippen LogP contribution is 2.12. The SMILES string of the molecule is CN1CCN(Cc2cccc(C(=O)/C=C/c3ccc(/C=C/C(=O)NO)nc3)c2)CC1. The number of allylic oxidation sites excluding steroid dienone is 1. The molecule has 7 heteroatoms. The normalized spacial score (nSPS) is 15.7. The molecule has 0 radical (unpaired) electrons. The Hall–Kier alpha value is -3.13. The molecule has 1 fully saturated rings. The van der Waals surface area contributed by atoms with Gasteiger partial charge in [0.2, 0.25) is 0 Å². The lowest BCUT2D eigenvalue weighted by atomic mass is 10.1. The quantitative estimate of drug-likeness (QED) is 0.317. The van der Waals surface area contributed by atoms with Crippen LogP contribution in [0.15, 0.2) is 54.7 Å². The summed E-state index contributed by atoms with van der Waals surface area (Å²) in [5.74, 6) is -0.681. The van der Waals surface area contributed by atoms with Crippen molar-refractivity contribution in [1.82, 2.24) is 20.3 Å². The maximum Gasteiger partial charge on any atom is 0.267 e. The molecule has 3 rings (SSSR count). The summed E-state index contributed by atoms with van der Waals surface area (Å²) in [7, 11) is 2.14. The fourth-order valence-electron chi connectivity index (χ4n) is 3.17. The molecule has 0 saturated carbocycles. The molecule has 1 amide bonds. The van der Waals surface area contributed by atoms with Gasteiger partial charge in [0.1, 0.15) is 0 Å². The number of piperazine rings is 1. The number of benzene rings is 1. The van der Waals surface area contributed by atoms with Gasteiger partial charge in [-0.25, -0.2) is 5.48 Å². The number of hydrogen-bond donors (Lipinski definition) is 2. The minimum Gasteiger partial charge on any atom is -0.304 e. The molecule has 2 aromatic rings. The van der Waals surface area contributed by atoms with Crippen LogP contribution >= 0.6 is 0 Å². The number of nitrogens with one attached hydrogen (secondary N) is 1. The van der Waals surface area contributed by atoms with Crippen molar-refractivity contribution in [3.05, 3.63) is 77.1 Å². The third-order valence-corrected chi connectivity index (χ3v) is 4.97. The van der Waals surface area contributed by atoms with Crippen molar-refractivity contribution in [2.45, 2.75) is 6.54 Å². The zero-order valence-electron chi connectivity index (χ0n) is 17.0. The van der Waals surface area contributed by atoms with E-state index in [2.05, 4.69) is 27.9 Å². The van der Waals surface area contributed by atoms with Gasteiger partial charge in [0, 0.05) is 50.6 Å². The Kier molecular flexibility index (Phi) is 7.62. The first-order chi connectivity index (χ1) is 14.5. The van der Waals surface area contributed by atoms with Gasteiger partial charge in [0.25, 0.3) is 5.91 Å². The lowest BCUT2D eigenvalue weighted by Crippen LogP contribution is -2.43. The van der Waals surface area contributed by atoms with E-state index in [9.17, 15) is 9.59 Å². The van der Waals surface area contributed by atoms with Crippen LogP contribution < -0.4 is 5.48 Å². The van der Waals surface area contributed by atoms with Gasteiger partial charge in [-0.1, -0.05) is 24.3 Å². The number of carbonyl (C=O) groups is 2. The lowest BCUT2D eigenvalue weighted by Gasteiger charge is -2.32. The van der Waals surface area contributed by atoms with Crippen molar-refractivity contribution < 1.29 is 14.8 Å². The summed E-state index contributed by atoms with van der Waals surface area (Å²) >= 11 is 0. The third-order valence-electron chi connectivity index (χ3n) is 4.97. The van der Waals surface area contributed by atoms with E-state index >= 15 is 0 Å². The van der Waals surface area contributed by atoms with E-state index in [1.165, 1.54) is 17.6 Å². The van der Waals surface area contributed by atoms with Crippen LogP contribution in [0.2, 0.25) is 0 Å². The summed E-state index contributed by atoms with van der Waals surface area (Å²) in [5.41, 5.74) is 4.67. The second kappa shape index (κ2) is 10.6. The molecular weight excluding hydrogens is 380 g/mol. The minimum absolute atomic E-state index is 0.0567. The first-order valence-electron chi connectivity index (χ1n) is 9.84. The molecule has 1 aromatic heterocycles. The highest BCUT2D eigenvalue weighted by Gasteiger charge is 2.14. The second-order valence-corrected chi connectivity index (χ2v) is 7.30. The number of aromatic nitrogens is 1. The predicted molar refractivity (Wildman–Crippen MR) is 116 cm³/mol. The van der Waals surface area contributed by atoms with Gasteiger partial charge in [0.15, 0.2) is 5.78 Å². The Morgan fingerprint density at radius 1 is 1.10 bits per heavy atom. The summed E-state index contributed by atoms with van der Waals surface area (Å²) in [6, 6.07) is 11.3. The van der Waals surface area contributed by atoms with Crippen LogP contribution in [0.4, 0.5) is 0 Å². The van der Waals surface area contributed by atoms with Crippen LogP contribution in [-0.4, -0.2) is 64.9 Å². The van der Waals surface area contributed by atoms with Crippen molar-refractivity contribution in [3.8, 4) is 0 Å². The van der Waals surface area contributed by atoms with Gasteiger partial charge >= 0.3 is 0 Å². The number of hydroxylamine groups is 1. The summed E-state index contributed by atoms with van der Waals surface area (Å²) in [5, 5.41) is 8.47. The molecule has 1 saturated heterocycles. The van der Waals surface area contributed by atoms with E-state index in [0.717, 1.165) is 43.9 Å². The van der Waals surface area contributed by atoms with Gasteiger partial charge in [0.05, 0.1) is 5.69 Å². The van der Waals surface area contributed by atoms with Gasteiger partial charge in [-0.15, -0.1) is 0 Å². The standard InChI is InChI=1S/C23H26N4O3/c1-26-11-13-27(14-12-26)17-19-3-2-4-20(15-19)22(28)9-6-18-5-7-21(24-16-18)8-10-23(29)25-30/h2-10,15-16,30H,11-14,17H2,1H3,(H,25,29)/b9-6+,10-8+. The van der Waals surface area contributed by atoms with E-state index in [4.69, 9.17) is 5.21 Å². The number of ketones is 1. The van der Waals surface area contributed by atoms with Gasteiger partial charge in [-0.05, 0) is 48.5 Å². The molecule has 30 heavy (non-hydrogen) atoms. The van der Waals surface area contributed by atoms with Crippen molar-refractivity contribution in [2.75, 3.05) is 33.2 Å². The minimum atomic E-state index is -0.624. The number of hydrogen-bond acceptors (Lipinski definition) is 6. The van der Waals surface area contributed by atoms with Crippen molar-refractivity contribution in [2.24, 2.45) is 0 Å². The zero-order chi connectivity index (χ0) is 21.3. The molecule has 0 unspecified atom stereocenters. The van der Waals surface area contributed by atoms with E-state index in [1.54, 1.807) is 30.5 Å². The van der Waals surface area contributed by atoms with Crippen molar-refractivity contribution >= 4 is 23.8 Å². The smallest absolute Gasteiger partial charge is 0.267 e. The summed E-state index contributed by atoms with van der Waals surface area (Å²) in [4.78, 5) is 32.5. The van der Waals surface area contributed by atoms with E-state index in [0.29, 0.717) is 11.3 Å². The molecule has 0 bridgehead atoms. The Morgan fingerprint density at radius 2 is 1.90 bits per heavy atom. The fraction of sp³-hybridized carbons (Fsp3) is 0.261. The number of carbonyl (C=O) groups excluding carboxylic acids is 2. The molecule has 0 aliphatic carbocycles. The largest absolute Gasteiger partial charge is 0.304 e. The van der Waals surface area contributed by atoms with Crippen LogP contribution in [0, 0.1) is 0 Å². The summed E-state index contributed by atoms with van der Waals surface area (Å²) in [6.07, 6.45) is 7.54. The number of likely N-dealkylation sites (N-methyl/N-ethyl adjacent to an activating group) is 1. The molecule has 1 aliphatic rings. The van der Waals surface area contributed by atoms with Crippen LogP contribution in [0.1, 0.15) is 27.2 Å². The number of pyridine rings is 1. The average molecular weight is 406 g/mol. The van der Waals surface area contributed by atoms with E-state index < -0.39 is 5.91 Å². The summed E-state index contributed by atoms with van der Waals surface area (Å²) in [6.45, 7) is 5.07. The molecule has 2 N–H and O–H groups in total. The molecule has 1 aromatic carbocycles. The third kappa shape index (κ3) is 6.45. The number of rotatable bonds is 7. The van der Waals surface area contributed by atoms with Crippen LogP contribution in [0.25, 0.3) is 12.2 Å². The van der Waals surface area contributed by atoms with Gasteiger partial charge in [-0.3, -0.25) is 24.7 Å². The van der Waals surface area contributed by atoms with Crippen molar-refractivity contribution in [3.63, 3.8) is 0 Å². The zero-order valence-corrected chi connectivity index (χ0v) is 17.0. The molecule has 7 nitrogen and oxygen atoms in total. The second-order valence-electron chi connectivity index (χ2n) is 7.30. The molecule has 0 spiro atoms. The maximum absolute atomic E-state index is 12.6. The van der Waals surface area contributed by atoms with E-state index in [1.807, 2.05) is 18.2 Å². The van der Waals surface area contributed by atoms with Crippen LogP contribution in [0.5, 0.6) is 0 Å². The van der Waals surface area contributed by atoms with E-state index in [-0.39, 0.29) is 5.78 Å². The topological polar surface area (TPSA) is 85.8 Å². The van der Waals surface area contributed by atoms with Crippen LogP contribution in [-0.2, 0) is 11.3 Å². The highest BCUT2D eigenvalue weighted by molar-refractivity contribution is 6.06. The van der Waals surface area contributed by atoms with Crippen LogP contribution in [0.3, 0.4) is 0 Å². The molecule has 0 atom stereocenters. The average Bonchev–Trinajstić information content (AvgIpc) is 2.78. The van der Waals surface area contributed by atoms with Crippen molar-refractivity contribution in [1.29, 1.82) is 0 Å². The Bertz CT molecular complexity index is 930. The first-order valence-corrected chi connectivity index (χ1v) is 9.84. The Morgan fingerprint density at radius 3 is 2.60 bits per heavy atom. The monoisotopic (exact) mass is 406 g/mol. The molecule has 1 aliphatic heterocycles. The first kappa shape index (κ1) is 21.6. The Labute approximate surface area is 176 Å². The lowest BCUT2D eigenvalue weighted by molar-refractivity contribution is -0.124. The highest BCUT2D eigenvalue weighted by atomic mass is 16.5. The molecule has 2 heterocycles. The number of nitrogens with zero attached hydrogens (tertiary/aromatic N) is 3. The predicted octanol–water partition coefficient (Wildman–Crippen LogP) is 2.24. The van der Waals surface area contributed by atoms with Gasteiger partial charge in [-0.2, -0.15) is 0 Å². The maximum atomic E-state index is 12.6. The molecule has 156 valence electrons. The van der Waals surface area contributed by atoms with Gasteiger partial charge < -0.3 is 4.90 Å². The number of amides is 1. The molecular formula is C23H26N4O3. The fourth-order valence-corrected chi connectivity index (χ4v) is 3.17. The summed E-state index contributed by atoms with van der Waals surface area (Å²) < 4.78 is 0.